The average molecular weight is 276 g/mol. The number of aliphatic hydroxyl groups is 1. The fraction of sp³-hybridized carbons (Fsp3) is 0.286. The van der Waals surface area contributed by atoms with Gasteiger partial charge in [0.25, 0.3) is 5.56 Å². The van der Waals surface area contributed by atoms with Crippen molar-refractivity contribution in [1.82, 2.24) is 9.55 Å². The molecule has 0 aliphatic heterocycles. The van der Waals surface area contributed by atoms with Gasteiger partial charge < -0.3 is 9.67 Å². The summed E-state index contributed by atoms with van der Waals surface area (Å²) in [7, 11) is 0. The second kappa shape index (κ2) is 6.45. The van der Waals surface area contributed by atoms with Gasteiger partial charge in [-0.15, -0.1) is 0 Å². The van der Waals surface area contributed by atoms with Crippen molar-refractivity contribution in [2.45, 2.75) is 19.4 Å². The zero-order valence-corrected chi connectivity index (χ0v) is 11.3. The van der Waals surface area contributed by atoms with Crippen molar-refractivity contribution < 1.29 is 5.11 Å². The molecule has 0 unspecified atom stereocenters. The van der Waals surface area contributed by atoms with Gasteiger partial charge in [0.05, 0.1) is 0 Å². The number of hydrogen-bond donors (Lipinski definition) is 2. The second-order valence-corrected chi connectivity index (χ2v) is 4.73. The van der Waals surface area contributed by atoms with Gasteiger partial charge in [0.1, 0.15) is 0 Å². The highest BCUT2D eigenvalue weighted by atomic mass is 32.1. The number of benzene rings is 1. The van der Waals surface area contributed by atoms with Gasteiger partial charge in [-0.1, -0.05) is 30.3 Å². The Balaban J connectivity index is 2.30. The molecule has 100 valence electrons. The maximum absolute atomic E-state index is 11.9. The van der Waals surface area contributed by atoms with E-state index in [9.17, 15) is 4.79 Å². The van der Waals surface area contributed by atoms with Gasteiger partial charge in [-0.25, -0.2) is 0 Å². The normalized spacial score (nSPS) is 10.6. The Kier molecular flexibility index (Phi) is 4.65. The van der Waals surface area contributed by atoms with Crippen molar-refractivity contribution in [2.75, 3.05) is 6.61 Å². The summed E-state index contributed by atoms with van der Waals surface area (Å²) >= 11 is 5.10. The highest BCUT2D eigenvalue weighted by molar-refractivity contribution is 7.71. The maximum Gasteiger partial charge on any atom is 0.255 e. The molecule has 0 bridgehead atoms. The topological polar surface area (TPSA) is 58.0 Å². The molecule has 0 saturated heterocycles. The molecule has 0 spiro atoms. The quantitative estimate of drug-likeness (QED) is 0.820. The molecular formula is C14H16N2O2S. The first-order chi connectivity index (χ1) is 9.20. The lowest BCUT2D eigenvalue weighted by Gasteiger charge is -2.08. The molecule has 19 heavy (non-hydrogen) atoms. The van der Waals surface area contributed by atoms with E-state index in [0.29, 0.717) is 29.7 Å². The van der Waals surface area contributed by atoms with Crippen molar-refractivity contribution in [3.63, 3.8) is 0 Å². The Morgan fingerprint density at radius 1 is 1.26 bits per heavy atom. The van der Waals surface area contributed by atoms with Crippen molar-refractivity contribution in [3.05, 3.63) is 62.8 Å². The highest BCUT2D eigenvalue weighted by Crippen LogP contribution is 2.05. The van der Waals surface area contributed by atoms with E-state index < -0.39 is 0 Å². The summed E-state index contributed by atoms with van der Waals surface area (Å²) in [4.78, 5) is 14.6. The van der Waals surface area contributed by atoms with Gasteiger partial charge in [-0.3, -0.25) is 9.78 Å². The van der Waals surface area contributed by atoms with E-state index in [-0.39, 0.29) is 12.2 Å². The third kappa shape index (κ3) is 3.62. The molecule has 2 N–H and O–H groups in total. The Bertz CT molecular complexity index is 646. The molecule has 0 amide bonds. The number of aliphatic hydroxyl groups excluding tert-OH is 1. The molecule has 1 aromatic carbocycles. The van der Waals surface area contributed by atoms with Gasteiger partial charge in [0, 0.05) is 31.3 Å². The number of rotatable bonds is 5. The molecule has 5 heteroatoms. The monoisotopic (exact) mass is 276 g/mol. The molecule has 1 aromatic heterocycles. The van der Waals surface area contributed by atoms with Crippen LogP contribution in [-0.2, 0) is 13.0 Å². The van der Waals surface area contributed by atoms with Crippen molar-refractivity contribution in [3.8, 4) is 0 Å². The molecule has 4 nitrogen and oxygen atoms in total. The largest absolute Gasteiger partial charge is 0.396 e. The minimum Gasteiger partial charge on any atom is -0.396 e. The number of nitrogens with zero attached hydrogens (tertiary/aromatic N) is 1. The second-order valence-electron chi connectivity index (χ2n) is 4.35. The van der Waals surface area contributed by atoms with Gasteiger partial charge in [-0.2, -0.15) is 0 Å². The zero-order valence-electron chi connectivity index (χ0n) is 10.5. The number of hydrogen-bond acceptors (Lipinski definition) is 3. The fourth-order valence-electron chi connectivity index (χ4n) is 1.90. The van der Waals surface area contributed by atoms with Crippen LogP contribution < -0.4 is 5.56 Å². The molecular weight excluding hydrogens is 260 g/mol. The zero-order chi connectivity index (χ0) is 13.7. The Morgan fingerprint density at radius 2 is 2.00 bits per heavy atom. The van der Waals surface area contributed by atoms with Crippen LogP contribution in [0.4, 0.5) is 0 Å². The van der Waals surface area contributed by atoms with Gasteiger partial charge >= 0.3 is 0 Å². The number of aromatic nitrogens is 2. The van der Waals surface area contributed by atoms with Crippen LogP contribution in [0.1, 0.15) is 17.5 Å². The first-order valence-electron chi connectivity index (χ1n) is 6.18. The number of aryl methyl sites for hydroxylation is 1. The molecule has 0 aliphatic rings. The van der Waals surface area contributed by atoms with E-state index in [2.05, 4.69) is 4.98 Å². The summed E-state index contributed by atoms with van der Waals surface area (Å²) in [6.45, 7) is 0.711. The van der Waals surface area contributed by atoms with Gasteiger partial charge in [-0.05, 0) is 24.2 Å². The summed E-state index contributed by atoms with van der Waals surface area (Å²) in [5, 5.41) is 8.86. The van der Waals surface area contributed by atoms with Crippen LogP contribution in [-0.4, -0.2) is 21.3 Å². The van der Waals surface area contributed by atoms with Crippen molar-refractivity contribution in [2.24, 2.45) is 0 Å². The molecule has 2 aromatic rings. The number of aromatic amines is 1. The van der Waals surface area contributed by atoms with Crippen LogP contribution in [0.15, 0.2) is 41.3 Å². The third-order valence-corrected chi connectivity index (χ3v) is 3.22. The SMILES string of the molecule is O=c1[nH]c(=S)n(CCCO)cc1Cc1ccccc1. The predicted molar refractivity (Wildman–Crippen MR) is 76.8 cm³/mol. The van der Waals surface area contributed by atoms with Crippen LogP contribution in [0.3, 0.4) is 0 Å². The Morgan fingerprint density at radius 3 is 2.68 bits per heavy atom. The lowest BCUT2D eigenvalue weighted by Crippen LogP contribution is -2.18. The Labute approximate surface area is 116 Å². The Hall–Kier alpha value is -1.72. The van der Waals surface area contributed by atoms with Crippen molar-refractivity contribution >= 4 is 12.2 Å². The number of H-pyrrole nitrogens is 1. The van der Waals surface area contributed by atoms with E-state index in [1.807, 2.05) is 30.3 Å². The van der Waals surface area contributed by atoms with Crippen LogP contribution in [0, 0.1) is 4.77 Å². The lowest BCUT2D eigenvalue weighted by atomic mass is 10.1. The summed E-state index contributed by atoms with van der Waals surface area (Å²) < 4.78 is 2.20. The van der Waals surface area contributed by atoms with E-state index in [1.165, 1.54) is 0 Å². The standard InChI is InChI=1S/C14H16N2O2S/c17-8-4-7-16-10-12(13(18)15-14(16)19)9-11-5-2-1-3-6-11/h1-3,5-6,10,17H,4,7-9H2,(H,15,18,19). The summed E-state index contributed by atoms with van der Waals surface area (Å²) in [6, 6.07) is 9.81. The molecule has 0 saturated carbocycles. The molecule has 1 heterocycles. The van der Waals surface area contributed by atoms with E-state index in [0.717, 1.165) is 5.56 Å². The van der Waals surface area contributed by atoms with E-state index in [1.54, 1.807) is 10.8 Å². The average Bonchev–Trinajstić information content (AvgIpc) is 2.42. The maximum atomic E-state index is 11.9. The smallest absolute Gasteiger partial charge is 0.255 e. The molecule has 0 atom stereocenters. The fourth-order valence-corrected chi connectivity index (χ4v) is 2.14. The van der Waals surface area contributed by atoms with E-state index in [4.69, 9.17) is 17.3 Å². The van der Waals surface area contributed by atoms with Gasteiger partial charge in [0.15, 0.2) is 4.77 Å². The molecule has 0 fully saturated rings. The third-order valence-electron chi connectivity index (χ3n) is 2.88. The molecule has 0 aliphatic carbocycles. The molecule has 0 radical (unpaired) electrons. The minimum absolute atomic E-state index is 0.106. The summed E-state index contributed by atoms with van der Waals surface area (Å²) in [5.41, 5.74) is 1.62. The highest BCUT2D eigenvalue weighted by Gasteiger charge is 2.04. The van der Waals surface area contributed by atoms with E-state index >= 15 is 0 Å². The molecule has 2 rings (SSSR count). The summed E-state index contributed by atoms with van der Waals surface area (Å²) in [5.74, 6) is 0. The van der Waals surface area contributed by atoms with Crippen LogP contribution >= 0.6 is 12.2 Å². The first kappa shape index (κ1) is 13.7. The predicted octanol–water partition coefficient (Wildman–Crippen LogP) is 1.88. The van der Waals surface area contributed by atoms with Crippen LogP contribution in [0.25, 0.3) is 0 Å². The first-order valence-corrected chi connectivity index (χ1v) is 6.59. The summed E-state index contributed by atoms with van der Waals surface area (Å²) in [6.07, 6.45) is 2.97. The number of nitrogens with one attached hydrogen (secondary N) is 1. The van der Waals surface area contributed by atoms with Gasteiger partial charge in [0.2, 0.25) is 0 Å². The van der Waals surface area contributed by atoms with Crippen LogP contribution in [0.2, 0.25) is 0 Å². The van der Waals surface area contributed by atoms with Crippen LogP contribution in [0.5, 0.6) is 0 Å². The lowest BCUT2D eigenvalue weighted by molar-refractivity contribution is 0.279. The van der Waals surface area contributed by atoms with Crippen molar-refractivity contribution in [1.29, 1.82) is 0 Å². The minimum atomic E-state index is -0.144.